The van der Waals surface area contributed by atoms with Gasteiger partial charge in [-0.25, -0.2) is 9.18 Å². The van der Waals surface area contributed by atoms with Crippen LogP contribution in [0.2, 0.25) is 0 Å². The summed E-state index contributed by atoms with van der Waals surface area (Å²) < 4.78 is 18.8. The fraction of sp³-hybridized carbons (Fsp3) is 0.217. The first-order valence-corrected chi connectivity index (χ1v) is 9.40. The van der Waals surface area contributed by atoms with E-state index in [1.165, 1.54) is 12.1 Å². The molecule has 1 aromatic heterocycles. The standard InChI is InChI=1S/C23H24FN3O2/c1-17(19-8-10-20(24)11-9-19)27(2)23(28)26-15-18-6-12-22(13-7-18)29-16-21-5-3-4-14-25-21/h3-14,17H,15-16H2,1-2H3,(H,26,28)/t17-/m0/s1. The molecule has 0 saturated heterocycles. The third-order valence-electron chi connectivity index (χ3n) is 4.73. The van der Waals surface area contributed by atoms with Gasteiger partial charge in [0.15, 0.2) is 0 Å². The molecule has 0 aliphatic rings. The lowest BCUT2D eigenvalue weighted by Crippen LogP contribution is -2.38. The van der Waals surface area contributed by atoms with Crippen molar-refractivity contribution in [3.8, 4) is 5.75 Å². The maximum atomic E-state index is 13.1. The van der Waals surface area contributed by atoms with Crippen molar-refractivity contribution in [1.82, 2.24) is 15.2 Å². The highest BCUT2D eigenvalue weighted by molar-refractivity contribution is 5.74. The van der Waals surface area contributed by atoms with Crippen LogP contribution in [0, 0.1) is 5.82 Å². The number of amides is 2. The first-order chi connectivity index (χ1) is 14.0. The van der Waals surface area contributed by atoms with Gasteiger partial charge in [0, 0.05) is 19.8 Å². The quantitative estimate of drug-likeness (QED) is 0.633. The average Bonchev–Trinajstić information content (AvgIpc) is 2.77. The van der Waals surface area contributed by atoms with Crippen LogP contribution in [-0.2, 0) is 13.2 Å². The molecule has 150 valence electrons. The molecule has 29 heavy (non-hydrogen) atoms. The van der Waals surface area contributed by atoms with E-state index >= 15 is 0 Å². The minimum Gasteiger partial charge on any atom is -0.487 e. The number of nitrogens with zero attached hydrogens (tertiary/aromatic N) is 2. The third-order valence-corrected chi connectivity index (χ3v) is 4.73. The number of pyridine rings is 1. The third kappa shape index (κ3) is 5.78. The van der Waals surface area contributed by atoms with E-state index in [-0.39, 0.29) is 17.9 Å². The maximum absolute atomic E-state index is 13.1. The van der Waals surface area contributed by atoms with E-state index in [1.54, 1.807) is 30.3 Å². The summed E-state index contributed by atoms with van der Waals surface area (Å²) in [6.07, 6.45) is 1.73. The highest BCUT2D eigenvalue weighted by Gasteiger charge is 2.17. The Morgan fingerprint density at radius 2 is 1.83 bits per heavy atom. The van der Waals surface area contributed by atoms with Gasteiger partial charge in [0.2, 0.25) is 0 Å². The van der Waals surface area contributed by atoms with Gasteiger partial charge in [-0.15, -0.1) is 0 Å². The highest BCUT2D eigenvalue weighted by Crippen LogP contribution is 2.19. The zero-order valence-corrected chi connectivity index (χ0v) is 16.5. The van der Waals surface area contributed by atoms with E-state index in [1.807, 2.05) is 49.4 Å². The Hall–Kier alpha value is -3.41. The number of hydrogen-bond donors (Lipinski definition) is 1. The van der Waals surface area contributed by atoms with Crippen LogP contribution in [0.5, 0.6) is 5.75 Å². The van der Waals surface area contributed by atoms with Crippen molar-refractivity contribution in [2.45, 2.75) is 26.1 Å². The molecule has 3 aromatic rings. The molecule has 1 atom stereocenters. The smallest absolute Gasteiger partial charge is 0.317 e. The molecule has 1 N–H and O–H groups in total. The lowest BCUT2D eigenvalue weighted by molar-refractivity contribution is 0.194. The van der Waals surface area contributed by atoms with Gasteiger partial charge in [0.05, 0.1) is 11.7 Å². The van der Waals surface area contributed by atoms with Gasteiger partial charge in [-0.2, -0.15) is 0 Å². The molecule has 0 spiro atoms. The first kappa shape index (κ1) is 20.3. The molecule has 0 bridgehead atoms. The summed E-state index contributed by atoms with van der Waals surface area (Å²) in [5.74, 6) is 0.452. The van der Waals surface area contributed by atoms with Crippen molar-refractivity contribution >= 4 is 6.03 Å². The van der Waals surface area contributed by atoms with Gasteiger partial charge in [-0.1, -0.05) is 30.3 Å². The van der Waals surface area contributed by atoms with E-state index in [9.17, 15) is 9.18 Å². The van der Waals surface area contributed by atoms with E-state index in [2.05, 4.69) is 10.3 Å². The Bertz CT molecular complexity index is 915. The second-order valence-electron chi connectivity index (χ2n) is 6.75. The van der Waals surface area contributed by atoms with Crippen molar-refractivity contribution in [3.05, 3.63) is 95.6 Å². The van der Waals surface area contributed by atoms with Crippen LogP contribution in [0.25, 0.3) is 0 Å². The molecule has 0 fully saturated rings. The Morgan fingerprint density at radius 1 is 1.10 bits per heavy atom. The van der Waals surface area contributed by atoms with Crippen LogP contribution < -0.4 is 10.1 Å². The maximum Gasteiger partial charge on any atom is 0.317 e. The Morgan fingerprint density at radius 3 is 2.48 bits per heavy atom. The molecule has 3 rings (SSSR count). The number of carbonyl (C=O) groups is 1. The Balaban J connectivity index is 1.48. The number of nitrogens with one attached hydrogen (secondary N) is 1. The molecule has 5 nitrogen and oxygen atoms in total. The topological polar surface area (TPSA) is 54.5 Å². The lowest BCUT2D eigenvalue weighted by atomic mass is 10.1. The number of ether oxygens (including phenoxy) is 1. The molecule has 0 aliphatic carbocycles. The predicted molar refractivity (Wildman–Crippen MR) is 110 cm³/mol. The van der Waals surface area contributed by atoms with Crippen molar-refractivity contribution < 1.29 is 13.9 Å². The van der Waals surface area contributed by atoms with E-state index in [0.717, 1.165) is 22.6 Å². The molecule has 0 saturated carbocycles. The monoisotopic (exact) mass is 393 g/mol. The zero-order chi connectivity index (χ0) is 20.6. The van der Waals surface area contributed by atoms with Crippen LogP contribution in [0.1, 0.15) is 29.8 Å². The number of aromatic nitrogens is 1. The second-order valence-corrected chi connectivity index (χ2v) is 6.75. The van der Waals surface area contributed by atoms with Gasteiger partial charge in [0.25, 0.3) is 0 Å². The zero-order valence-electron chi connectivity index (χ0n) is 16.5. The largest absolute Gasteiger partial charge is 0.487 e. The molecule has 2 amide bonds. The normalized spacial score (nSPS) is 11.6. The van der Waals surface area contributed by atoms with E-state index in [0.29, 0.717) is 13.2 Å². The number of rotatable bonds is 7. The van der Waals surface area contributed by atoms with Crippen molar-refractivity contribution in [2.24, 2.45) is 0 Å². The Kier molecular flexibility index (Phi) is 6.79. The van der Waals surface area contributed by atoms with E-state index in [4.69, 9.17) is 4.74 Å². The van der Waals surface area contributed by atoms with Crippen LogP contribution in [0.4, 0.5) is 9.18 Å². The molecule has 1 heterocycles. The van der Waals surface area contributed by atoms with Gasteiger partial charge in [-0.3, -0.25) is 4.98 Å². The lowest BCUT2D eigenvalue weighted by Gasteiger charge is -2.25. The number of hydrogen-bond acceptors (Lipinski definition) is 3. The average molecular weight is 393 g/mol. The van der Waals surface area contributed by atoms with Gasteiger partial charge in [0.1, 0.15) is 18.2 Å². The highest BCUT2D eigenvalue weighted by atomic mass is 19.1. The van der Waals surface area contributed by atoms with Gasteiger partial charge in [-0.05, 0) is 54.4 Å². The van der Waals surface area contributed by atoms with Gasteiger partial charge >= 0.3 is 6.03 Å². The SMILES string of the molecule is C[C@@H](c1ccc(F)cc1)N(C)C(=O)NCc1ccc(OCc2ccccn2)cc1. The number of benzene rings is 2. The minimum atomic E-state index is -0.291. The van der Waals surface area contributed by atoms with E-state index < -0.39 is 0 Å². The summed E-state index contributed by atoms with van der Waals surface area (Å²) in [5, 5.41) is 2.90. The van der Waals surface area contributed by atoms with Crippen molar-refractivity contribution in [2.75, 3.05) is 7.05 Å². The van der Waals surface area contributed by atoms with Crippen molar-refractivity contribution in [1.29, 1.82) is 0 Å². The molecular formula is C23H24FN3O2. The summed E-state index contributed by atoms with van der Waals surface area (Å²) >= 11 is 0. The minimum absolute atomic E-state index is 0.169. The molecular weight excluding hydrogens is 369 g/mol. The number of carbonyl (C=O) groups excluding carboxylic acids is 1. The molecule has 0 radical (unpaired) electrons. The van der Waals surface area contributed by atoms with Crippen molar-refractivity contribution in [3.63, 3.8) is 0 Å². The second kappa shape index (κ2) is 9.68. The molecule has 6 heteroatoms. The summed E-state index contributed by atoms with van der Waals surface area (Å²) in [4.78, 5) is 18.2. The summed E-state index contributed by atoms with van der Waals surface area (Å²) in [7, 11) is 1.72. The fourth-order valence-electron chi connectivity index (χ4n) is 2.79. The van der Waals surface area contributed by atoms with Gasteiger partial charge < -0.3 is 15.0 Å². The first-order valence-electron chi connectivity index (χ1n) is 9.40. The van der Waals surface area contributed by atoms with Crippen LogP contribution >= 0.6 is 0 Å². The van der Waals surface area contributed by atoms with Crippen LogP contribution in [-0.4, -0.2) is 23.0 Å². The molecule has 2 aromatic carbocycles. The number of urea groups is 1. The summed E-state index contributed by atoms with van der Waals surface area (Å²) in [6, 6.07) is 19.1. The fourth-order valence-corrected chi connectivity index (χ4v) is 2.79. The number of halogens is 1. The molecule has 0 aliphatic heterocycles. The summed E-state index contributed by atoms with van der Waals surface area (Å²) in [5.41, 5.74) is 2.70. The Labute approximate surface area is 170 Å². The van der Waals surface area contributed by atoms with Crippen LogP contribution in [0.3, 0.4) is 0 Å². The van der Waals surface area contributed by atoms with Crippen LogP contribution in [0.15, 0.2) is 72.9 Å². The predicted octanol–water partition coefficient (Wildman–Crippen LogP) is 4.70. The summed E-state index contributed by atoms with van der Waals surface area (Å²) in [6.45, 7) is 2.71. The molecule has 0 unspecified atom stereocenters.